The van der Waals surface area contributed by atoms with Crippen molar-refractivity contribution in [2.75, 3.05) is 32.8 Å². The maximum absolute atomic E-state index is 13.0. The normalized spacial score (nSPS) is 21.1. The molecule has 2 fully saturated rings. The second kappa shape index (κ2) is 13.9. The van der Waals surface area contributed by atoms with Gasteiger partial charge < -0.3 is 28.8 Å². The molecule has 52 heavy (non-hydrogen) atoms. The van der Waals surface area contributed by atoms with Gasteiger partial charge in [0.15, 0.2) is 17.4 Å². The third kappa shape index (κ3) is 6.08. The predicted molar refractivity (Wildman–Crippen MR) is 188 cm³/mol. The van der Waals surface area contributed by atoms with Gasteiger partial charge in [-0.1, -0.05) is 68.4 Å². The maximum Gasteiger partial charge on any atom is 0.303 e. The van der Waals surface area contributed by atoms with Crippen molar-refractivity contribution in [3.05, 3.63) is 112 Å². The van der Waals surface area contributed by atoms with Crippen molar-refractivity contribution in [1.82, 2.24) is 19.5 Å². The van der Waals surface area contributed by atoms with Crippen LogP contribution in [-0.2, 0) is 29.4 Å². The first-order valence-corrected chi connectivity index (χ1v) is 16.9. The summed E-state index contributed by atoms with van der Waals surface area (Å²) < 4.78 is 32.8. The number of nitrogens with one attached hydrogen (secondary N) is 2. The first-order valence-electron chi connectivity index (χ1n) is 16.9. The van der Waals surface area contributed by atoms with Crippen LogP contribution in [0.5, 0.6) is 11.5 Å². The molecule has 0 saturated carbocycles. The molecule has 4 atom stereocenters. The van der Waals surface area contributed by atoms with E-state index < -0.39 is 41.0 Å². The number of aromatic nitrogens is 4. The lowest BCUT2D eigenvalue weighted by atomic mass is 9.79. The molecule has 2 saturated heterocycles. The highest BCUT2D eigenvalue weighted by Crippen LogP contribution is 2.53. The van der Waals surface area contributed by atoms with Crippen LogP contribution < -0.4 is 20.3 Å². The summed E-state index contributed by atoms with van der Waals surface area (Å²) in [7, 11) is 3.20. The van der Waals surface area contributed by atoms with Crippen molar-refractivity contribution in [3.63, 3.8) is 0 Å². The Morgan fingerprint density at radius 1 is 1.00 bits per heavy atom. The monoisotopic (exact) mass is 709 g/mol. The maximum atomic E-state index is 13.0. The van der Waals surface area contributed by atoms with Crippen LogP contribution in [0.4, 0.5) is 5.95 Å². The average molecular weight is 710 g/mol. The van der Waals surface area contributed by atoms with Gasteiger partial charge in [0, 0.05) is 11.8 Å². The molecule has 1 unspecified atom stereocenters. The zero-order valence-corrected chi connectivity index (χ0v) is 29.1. The van der Waals surface area contributed by atoms with E-state index in [0.29, 0.717) is 11.5 Å². The van der Waals surface area contributed by atoms with Gasteiger partial charge in [-0.05, 0) is 41.0 Å². The summed E-state index contributed by atoms with van der Waals surface area (Å²) in [6.45, 7) is 3.41. The van der Waals surface area contributed by atoms with Crippen molar-refractivity contribution < 1.29 is 38.4 Å². The Kier molecular flexibility index (Phi) is 9.29. The fourth-order valence-corrected chi connectivity index (χ4v) is 7.10. The lowest BCUT2D eigenvalue weighted by Crippen LogP contribution is -2.47. The highest BCUT2D eigenvalue weighted by molar-refractivity contribution is 5.91. The van der Waals surface area contributed by atoms with Crippen molar-refractivity contribution in [2.24, 2.45) is 11.8 Å². The zero-order chi connectivity index (χ0) is 36.6. The molecule has 2 aromatic heterocycles. The van der Waals surface area contributed by atoms with Gasteiger partial charge in [0.2, 0.25) is 11.9 Å². The van der Waals surface area contributed by atoms with Gasteiger partial charge >= 0.3 is 5.97 Å². The number of carboxylic acid groups (broad SMARTS) is 1. The van der Waals surface area contributed by atoms with Crippen LogP contribution in [0.2, 0.25) is 0 Å². The van der Waals surface area contributed by atoms with Crippen molar-refractivity contribution in [3.8, 4) is 11.5 Å². The van der Waals surface area contributed by atoms with Crippen LogP contribution >= 0.6 is 0 Å². The van der Waals surface area contributed by atoms with Crippen LogP contribution in [-0.4, -0.2) is 75.6 Å². The van der Waals surface area contributed by atoms with Crippen LogP contribution in [0.1, 0.15) is 43.2 Å². The number of ether oxygens (including phenoxy) is 5. The predicted octanol–water partition coefficient (Wildman–Crippen LogP) is 4.50. The third-order valence-corrected chi connectivity index (χ3v) is 9.80. The van der Waals surface area contributed by atoms with Gasteiger partial charge in [-0.3, -0.25) is 29.3 Å². The zero-order valence-electron chi connectivity index (χ0n) is 29.1. The third-order valence-electron chi connectivity index (χ3n) is 9.80. The number of hydrogen-bond donors (Lipinski definition) is 3. The Morgan fingerprint density at radius 2 is 1.62 bits per heavy atom. The number of fused-ring (bicyclic) bond motifs is 3. The molecule has 0 aliphatic carbocycles. The quantitative estimate of drug-likeness (QED) is 0.147. The molecule has 5 aromatic rings. The van der Waals surface area contributed by atoms with Crippen LogP contribution in [0, 0.1) is 11.8 Å². The van der Waals surface area contributed by atoms with Gasteiger partial charge in [0.25, 0.3) is 5.56 Å². The molecule has 7 rings (SSSR count). The molecule has 0 radical (unpaired) electrons. The Labute approximate surface area is 298 Å². The molecular formula is C38H39N5O9. The topological polar surface area (TPSA) is 176 Å². The van der Waals surface area contributed by atoms with Gasteiger partial charge in [0.1, 0.15) is 28.8 Å². The number of nitrogens with zero attached hydrogens (tertiary/aromatic N) is 3. The van der Waals surface area contributed by atoms with E-state index in [0.717, 1.165) is 16.7 Å². The SMILES string of the molecule is COc1ccc(C(OC[C@]23CO[C@@H](C2CC(=O)O)[C@H](n2cnc4c(=O)[nH]c(NC(=O)C(C)C)nc42)O3)(c2ccccc2)c2ccc(OC)cc2)cc1. The second-order valence-electron chi connectivity index (χ2n) is 13.2. The highest BCUT2D eigenvalue weighted by atomic mass is 16.6. The summed E-state index contributed by atoms with van der Waals surface area (Å²) in [4.78, 5) is 49.1. The minimum atomic E-state index is -1.24. The minimum absolute atomic E-state index is 0.0242. The first-order chi connectivity index (χ1) is 25.1. The van der Waals surface area contributed by atoms with Crippen molar-refractivity contribution in [1.29, 1.82) is 0 Å². The van der Waals surface area contributed by atoms with Gasteiger partial charge in [-0.25, -0.2) is 4.98 Å². The van der Waals surface area contributed by atoms with E-state index in [4.69, 9.17) is 23.7 Å². The number of carboxylic acids is 1. The lowest BCUT2D eigenvalue weighted by Gasteiger charge is -2.40. The van der Waals surface area contributed by atoms with Crippen LogP contribution in [0.15, 0.2) is 90.0 Å². The second-order valence-corrected chi connectivity index (χ2v) is 13.2. The Bertz CT molecular complexity index is 2090. The summed E-state index contributed by atoms with van der Waals surface area (Å²) in [5.41, 5.74) is -0.427. The largest absolute Gasteiger partial charge is 0.497 e. The van der Waals surface area contributed by atoms with E-state index in [1.807, 2.05) is 78.9 Å². The molecule has 14 heteroatoms. The summed E-state index contributed by atoms with van der Waals surface area (Å²) in [6, 6.07) is 24.9. The molecule has 3 aromatic carbocycles. The van der Waals surface area contributed by atoms with Gasteiger partial charge in [-0.2, -0.15) is 4.98 Å². The van der Waals surface area contributed by atoms with Crippen molar-refractivity contribution >= 4 is 29.0 Å². The van der Waals surface area contributed by atoms with E-state index in [1.54, 1.807) is 32.6 Å². The van der Waals surface area contributed by atoms with E-state index in [9.17, 15) is 19.5 Å². The van der Waals surface area contributed by atoms with Gasteiger partial charge in [-0.15, -0.1) is 0 Å². The van der Waals surface area contributed by atoms with E-state index in [1.165, 1.54) is 6.33 Å². The standard InChI is InChI=1S/C38H39N5O9/c1-22(2)33(46)41-36-40-32-30(34(47)42-36)39-21-43(32)35-31-28(18-29(44)45)37(52-35,19-50-31)20-51-38(23-8-6-5-7-9-23,24-10-14-26(48-3)15-11-24)25-12-16-27(49-4)17-13-25/h5-17,21-22,28,31,35H,18-20H2,1-4H3,(H,44,45)(H2,40,41,42,46,47)/t28?,31-,35+,37+/m0/s1. The molecule has 2 bridgehead atoms. The number of aromatic amines is 1. The molecule has 2 aliphatic rings. The molecule has 2 aliphatic heterocycles. The molecule has 1 amide bonds. The number of anilines is 1. The molecule has 270 valence electrons. The number of benzene rings is 3. The average Bonchev–Trinajstić information content (AvgIpc) is 3.82. The number of amides is 1. The number of carbonyl (C=O) groups excluding carboxylic acids is 1. The Hall–Kier alpha value is -5.57. The fourth-order valence-electron chi connectivity index (χ4n) is 7.10. The smallest absolute Gasteiger partial charge is 0.303 e. The van der Waals surface area contributed by atoms with Crippen LogP contribution in [0.3, 0.4) is 0 Å². The summed E-state index contributed by atoms with van der Waals surface area (Å²) >= 11 is 0. The summed E-state index contributed by atoms with van der Waals surface area (Å²) in [5.74, 6) is -1.09. The van der Waals surface area contributed by atoms with E-state index in [-0.39, 0.29) is 48.6 Å². The number of imidazole rings is 1. The minimum Gasteiger partial charge on any atom is -0.497 e. The number of hydrogen-bond acceptors (Lipinski definition) is 10. The molecular weight excluding hydrogens is 670 g/mol. The highest BCUT2D eigenvalue weighted by Gasteiger charge is 2.63. The Balaban J connectivity index is 1.31. The number of H-pyrrole nitrogens is 1. The molecule has 3 N–H and O–H groups in total. The molecule has 4 heterocycles. The Morgan fingerprint density at radius 3 is 2.19 bits per heavy atom. The van der Waals surface area contributed by atoms with Crippen molar-refractivity contribution in [2.45, 2.75) is 43.8 Å². The van der Waals surface area contributed by atoms with Crippen LogP contribution in [0.25, 0.3) is 11.2 Å². The van der Waals surface area contributed by atoms with Gasteiger partial charge in [0.05, 0.1) is 40.2 Å². The summed E-state index contributed by atoms with van der Waals surface area (Å²) in [6.07, 6.45) is -0.530. The molecule has 14 nitrogen and oxygen atoms in total. The van der Waals surface area contributed by atoms with E-state index in [2.05, 4.69) is 20.3 Å². The molecule has 0 spiro atoms. The number of rotatable bonds is 13. The summed E-state index contributed by atoms with van der Waals surface area (Å²) in [5, 5.41) is 12.7. The first kappa shape index (κ1) is 34.9. The lowest BCUT2D eigenvalue weighted by molar-refractivity contribution is -0.200. The van der Waals surface area contributed by atoms with E-state index >= 15 is 0 Å². The number of methoxy groups -OCH3 is 2. The number of carbonyl (C=O) groups is 2. The fraction of sp³-hybridized carbons (Fsp3) is 0.342. The number of aliphatic carboxylic acids is 1.